The zero-order chi connectivity index (χ0) is 20.8. The summed E-state index contributed by atoms with van der Waals surface area (Å²) in [6.07, 6.45) is 1.30. The van der Waals surface area contributed by atoms with Crippen LogP contribution >= 0.6 is 11.3 Å². The van der Waals surface area contributed by atoms with Crippen LogP contribution in [-0.4, -0.2) is 48.3 Å². The Bertz CT molecular complexity index is 811. The second-order valence-corrected chi connectivity index (χ2v) is 9.27. The van der Waals surface area contributed by atoms with Crippen LogP contribution in [0.3, 0.4) is 0 Å². The molecule has 1 fully saturated rings. The highest BCUT2D eigenvalue weighted by Crippen LogP contribution is 2.23. The normalized spacial score (nSPS) is 19.7. The van der Waals surface area contributed by atoms with Gasteiger partial charge in [-0.2, -0.15) is 0 Å². The van der Waals surface area contributed by atoms with Gasteiger partial charge in [0.2, 0.25) is 5.91 Å². The monoisotopic (exact) mass is 413 g/mol. The SMILES string of the molecule is C[C@H]1C[C@H](C)CN(Cc2ccccc2CNC(=O)CN(C)C(=O)c2cccs2)C1. The molecule has 0 saturated carbocycles. The summed E-state index contributed by atoms with van der Waals surface area (Å²) in [6, 6.07) is 11.9. The first-order valence-electron chi connectivity index (χ1n) is 10.3. The van der Waals surface area contributed by atoms with Crippen LogP contribution in [-0.2, 0) is 17.9 Å². The maximum Gasteiger partial charge on any atom is 0.264 e. The Morgan fingerprint density at radius 1 is 1.10 bits per heavy atom. The van der Waals surface area contributed by atoms with Crippen molar-refractivity contribution in [2.24, 2.45) is 11.8 Å². The molecule has 2 amide bonds. The van der Waals surface area contributed by atoms with E-state index in [-0.39, 0.29) is 18.4 Å². The highest BCUT2D eigenvalue weighted by molar-refractivity contribution is 7.12. The number of carbonyl (C=O) groups excluding carboxylic acids is 2. The number of hydrogen-bond acceptors (Lipinski definition) is 4. The minimum atomic E-state index is -0.146. The third kappa shape index (κ3) is 6.15. The molecule has 1 aliphatic rings. The first-order chi connectivity index (χ1) is 13.9. The molecule has 0 bridgehead atoms. The van der Waals surface area contributed by atoms with E-state index in [1.165, 1.54) is 28.2 Å². The van der Waals surface area contributed by atoms with Crippen LogP contribution in [0.4, 0.5) is 0 Å². The molecule has 1 saturated heterocycles. The molecule has 1 aromatic heterocycles. The van der Waals surface area contributed by atoms with Crippen LogP contribution in [0, 0.1) is 11.8 Å². The van der Waals surface area contributed by atoms with Crippen molar-refractivity contribution in [3.63, 3.8) is 0 Å². The zero-order valence-corrected chi connectivity index (χ0v) is 18.4. The van der Waals surface area contributed by atoms with Crippen LogP contribution in [0.15, 0.2) is 41.8 Å². The van der Waals surface area contributed by atoms with Crippen molar-refractivity contribution in [3.8, 4) is 0 Å². The van der Waals surface area contributed by atoms with E-state index < -0.39 is 0 Å². The molecule has 1 aromatic carbocycles. The molecular weight excluding hydrogens is 382 g/mol. The molecule has 29 heavy (non-hydrogen) atoms. The molecule has 5 nitrogen and oxygen atoms in total. The highest BCUT2D eigenvalue weighted by atomic mass is 32.1. The van der Waals surface area contributed by atoms with Gasteiger partial charge >= 0.3 is 0 Å². The molecule has 2 atom stereocenters. The van der Waals surface area contributed by atoms with Crippen LogP contribution in [0.1, 0.15) is 41.1 Å². The molecule has 6 heteroatoms. The zero-order valence-electron chi connectivity index (χ0n) is 17.6. The quantitative estimate of drug-likeness (QED) is 0.754. The number of piperidine rings is 1. The summed E-state index contributed by atoms with van der Waals surface area (Å²) in [5.41, 5.74) is 2.40. The number of likely N-dealkylation sites (N-methyl/N-ethyl adjacent to an activating group) is 1. The average Bonchev–Trinajstić information content (AvgIpc) is 3.20. The van der Waals surface area contributed by atoms with E-state index in [1.807, 2.05) is 17.5 Å². The van der Waals surface area contributed by atoms with Crippen LogP contribution in [0.5, 0.6) is 0 Å². The van der Waals surface area contributed by atoms with Gasteiger partial charge in [-0.1, -0.05) is 44.2 Å². The number of thiophene rings is 1. The van der Waals surface area contributed by atoms with Gasteiger partial charge in [-0.3, -0.25) is 14.5 Å². The molecular formula is C23H31N3O2S. The van der Waals surface area contributed by atoms with Gasteiger partial charge in [0.25, 0.3) is 5.91 Å². The number of nitrogens with one attached hydrogen (secondary N) is 1. The summed E-state index contributed by atoms with van der Waals surface area (Å²) in [5.74, 6) is 1.18. The van der Waals surface area contributed by atoms with Crippen LogP contribution in [0.25, 0.3) is 0 Å². The molecule has 1 aliphatic heterocycles. The Kier molecular flexibility index (Phi) is 7.45. The van der Waals surface area contributed by atoms with Crippen molar-refractivity contribution in [2.75, 3.05) is 26.7 Å². The largest absolute Gasteiger partial charge is 0.350 e. The number of amides is 2. The lowest BCUT2D eigenvalue weighted by molar-refractivity contribution is -0.121. The van der Waals surface area contributed by atoms with Gasteiger partial charge in [0.1, 0.15) is 0 Å². The van der Waals surface area contributed by atoms with Crippen molar-refractivity contribution < 1.29 is 9.59 Å². The van der Waals surface area contributed by atoms with Crippen molar-refractivity contribution in [3.05, 3.63) is 57.8 Å². The molecule has 2 aromatic rings. The second kappa shape index (κ2) is 10.0. The average molecular weight is 414 g/mol. The smallest absolute Gasteiger partial charge is 0.264 e. The summed E-state index contributed by atoms with van der Waals surface area (Å²) in [7, 11) is 1.66. The second-order valence-electron chi connectivity index (χ2n) is 8.32. The van der Waals surface area contributed by atoms with Gasteiger partial charge in [0.05, 0.1) is 11.4 Å². The summed E-state index contributed by atoms with van der Waals surface area (Å²) in [4.78, 5) is 29.3. The lowest BCUT2D eigenvalue weighted by Crippen LogP contribution is -2.39. The first-order valence-corrected chi connectivity index (χ1v) is 11.1. The lowest BCUT2D eigenvalue weighted by atomic mass is 9.91. The topological polar surface area (TPSA) is 52.7 Å². The molecule has 1 N–H and O–H groups in total. The highest BCUT2D eigenvalue weighted by Gasteiger charge is 2.22. The van der Waals surface area contributed by atoms with Gasteiger partial charge in [0.15, 0.2) is 0 Å². The predicted octanol–water partition coefficient (Wildman–Crippen LogP) is 3.61. The van der Waals surface area contributed by atoms with Crippen LogP contribution in [0.2, 0.25) is 0 Å². The maximum absolute atomic E-state index is 12.4. The van der Waals surface area contributed by atoms with Gasteiger partial charge in [0, 0.05) is 33.2 Å². The Labute approximate surface area is 177 Å². The fourth-order valence-electron chi connectivity index (χ4n) is 4.17. The Hall–Kier alpha value is -2.18. The fourth-order valence-corrected chi connectivity index (χ4v) is 4.89. The van der Waals surface area contributed by atoms with E-state index in [4.69, 9.17) is 0 Å². The first kappa shape index (κ1) is 21.5. The number of likely N-dealkylation sites (tertiary alicyclic amines) is 1. The molecule has 2 heterocycles. The fraction of sp³-hybridized carbons (Fsp3) is 0.478. The number of benzene rings is 1. The van der Waals surface area contributed by atoms with E-state index in [9.17, 15) is 9.59 Å². The van der Waals surface area contributed by atoms with Gasteiger partial charge < -0.3 is 10.2 Å². The van der Waals surface area contributed by atoms with Crippen molar-refractivity contribution in [1.29, 1.82) is 0 Å². The molecule has 0 spiro atoms. The standard InChI is InChI=1S/C23H31N3O2S/c1-17-11-18(2)14-26(13-17)15-20-8-5-4-7-19(20)12-24-22(27)16-25(3)23(28)21-9-6-10-29-21/h4-10,17-18H,11-16H2,1-3H3,(H,24,27)/t17-,18-/m0/s1. The summed E-state index contributed by atoms with van der Waals surface area (Å²) in [6.45, 7) is 8.35. The predicted molar refractivity (Wildman–Crippen MR) is 118 cm³/mol. The van der Waals surface area contributed by atoms with Gasteiger partial charge in [-0.05, 0) is 40.8 Å². The minimum Gasteiger partial charge on any atom is -0.350 e. The summed E-state index contributed by atoms with van der Waals surface area (Å²) >= 11 is 1.39. The van der Waals surface area contributed by atoms with E-state index in [0.717, 1.165) is 37.0 Å². The lowest BCUT2D eigenvalue weighted by Gasteiger charge is -2.35. The molecule has 0 aliphatic carbocycles. The third-order valence-corrected chi connectivity index (χ3v) is 6.25. The van der Waals surface area contributed by atoms with E-state index in [0.29, 0.717) is 11.4 Å². The van der Waals surface area contributed by atoms with Crippen LogP contribution < -0.4 is 5.32 Å². The van der Waals surface area contributed by atoms with Crippen molar-refractivity contribution >= 4 is 23.2 Å². The molecule has 0 radical (unpaired) electrons. The Morgan fingerprint density at radius 2 is 1.79 bits per heavy atom. The molecule has 0 unspecified atom stereocenters. The Balaban J connectivity index is 1.54. The summed E-state index contributed by atoms with van der Waals surface area (Å²) < 4.78 is 0. The number of rotatable bonds is 7. The van der Waals surface area contributed by atoms with Gasteiger partial charge in [-0.15, -0.1) is 11.3 Å². The van der Waals surface area contributed by atoms with Crippen molar-refractivity contribution in [2.45, 2.75) is 33.4 Å². The van der Waals surface area contributed by atoms with Crippen molar-refractivity contribution in [1.82, 2.24) is 15.1 Å². The third-order valence-electron chi connectivity index (χ3n) is 5.39. The summed E-state index contributed by atoms with van der Waals surface area (Å²) in [5, 5.41) is 4.84. The number of hydrogen-bond donors (Lipinski definition) is 1. The minimum absolute atomic E-state index is 0.0556. The Morgan fingerprint density at radius 3 is 2.45 bits per heavy atom. The molecule has 3 rings (SSSR count). The van der Waals surface area contributed by atoms with E-state index in [1.54, 1.807) is 13.1 Å². The molecule has 156 valence electrons. The van der Waals surface area contributed by atoms with E-state index >= 15 is 0 Å². The maximum atomic E-state index is 12.4. The number of nitrogens with zero attached hydrogens (tertiary/aromatic N) is 2. The van der Waals surface area contributed by atoms with Gasteiger partial charge in [-0.25, -0.2) is 0 Å². The van der Waals surface area contributed by atoms with E-state index in [2.05, 4.69) is 42.3 Å². The number of carbonyl (C=O) groups is 2.